The average molecular weight is 397 g/mol. The minimum absolute atomic E-state index is 0.201. The predicted octanol–water partition coefficient (Wildman–Crippen LogP) is 3.32. The second-order valence-corrected chi connectivity index (χ2v) is 6.90. The number of carbonyl (C=O) groups is 2. The van der Waals surface area contributed by atoms with Gasteiger partial charge in [-0.05, 0) is 43.9 Å². The molecule has 1 aliphatic rings. The highest BCUT2D eigenvalue weighted by Crippen LogP contribution is 2.16. The van der Waals surface area contributed by atoms with Crippen LogP contribution in [0, 0.1) is 0 Å². The summed E-state index contributed by atoms with van der Waals surface area (Å²) >= 11 is 0. The van der Waals surface area contributed by atoms with E-state index in [2.05, 4.69) is 27.5 Å². The molecule has 0 bridgehead atoms. The molecule has 0 atom stereocenters. The monoisotopic (exact) mass is 397 g/mol. The number of amides is 2. The third kappa shape index (κ3) is 5.66. The molecule has 8 nitrogen and oxygen atoms in total. The molecule has 2 heterocycles. The average Bonchev–Trinajstić information content (AvgIpc) is 2.75. The first-order valence-electron chi connectivity index (χ1n) is 9.99. The van der Waals surface area contributed by atoms with Crippen LogP contribution in [0.3, 0.4) is 0 Å². The smallest absolute Gasteiger partial charge is 0.409 e. The Morgan fingerprint density at radius 3 is 2.41 bits per heavy atom. The Hall–Kier alpha value is -3.16. The number of likely N-dealkylation sites (tertiary alicyclic amines) is 1. The number of anilines is 2. The molecule has 8 heteroatoms. The van der Waals surface area contributed by atoms with Crippen molar-refractivity contribution in [3.05, 3.63) is 47.9 Å². The largest absolute Gasteiger partial charge is 0.450 e. The highest BCUT2D eigenvalue weighted by atomic mass is 16.6. The molecule has 1 aromatic heterocycles. The van der Waals surface area contributed by atoms with Gasteiger partial charge in [0, 0.05) is 24.8 Å². The van der Waals surface area contributed by atoms with Crippen molar-refractivity contribution >= 4 is 23.5 Å². The van der Waals surface area contributed by atoms with Crippen LogP contribution in [-0.4, -0.2) is 52.6 Å². The molecule has 0 spiro atoms. The lowest BCUT2D eigenvalue weighted by Gasteiger charge is -2.31. The predicted molar refractivity (Wildman–Crippen MR) is 111 cm³/mol. The Morgan fingerprint density at radius 2 is 1.83 bits per heavy atom. The quantitative estimate of drug-likeness (QED) is 0.776. The number of nitrogens with one attached hydrogen (secondary N) is 2. The minimum Gasteiger partial charge on any atom is -0.450 e. The van der Waals surface area contributed by atoms with Crippen molar-refractivity contribution in [2.45, 2.75) is 39.2 Å². The maximum atomic E-state index is 12.3. The highest BCUT2D eigenvalue weighted by molar-refractivity contribution is 6.02. The van der Waals surface area contributed by atoms with Gasteiger partial charge in [-0.25, -0.2) is 14.8 Å². The van der Waals surface area contributed by atoms with Gasteiger partial charge in [-0.15, -0.1) is 0 Å². The van der Waals surface area contributed by atoms with Crippen LogP contribution in [0.1, 0.15) is 42.7 Å². The molecular formula is C21H27N5O3. The van der Waals surface area contributed by atoms with Crippen LogP contribution in [-0.2, 0) is 11.2 Å². The minimum atomic E-state index is -0.295. The number of aryl methyl sites for hydroxylation is 1. The number of carbonyl (C=O) groups excluding carboxylic acids is 2. The zero-order valence-electron chi connectivity index (χ0n) is 16.9. The number of aromatic nitrogens is 2. The Morgan fingerprint density at radius 1 is 1.10 bits per heavy atom. The third-order valence-corrected chi connectivity index (χ3v) is 4.88. The Labute approximate surface area is 170 Å². The number of rotatable bonds is 6. The fourth-order valence-electron chi connectivity index (χ4n) is 3.17. The van der Waals surface area contributed by atoms with Gasteiger partial charge in [-0.3, -0.25) is 4.79 Å². The zero-order valence-corrected chi connectivity index (χ0v) is 16.9. The Balaban J connectivity index is 1.49. The van der Waals surface area contributed by atoms with Gasteiger partial charge in [0.25, 0.3) is 5.91 Å². The van der Waals surface area contributed by atoms with Crippen molar-refractivity contribution < 1.29 is 14.3 Å². The summed E-state index contributed by atoms with van der Waals surface area (Å²) in [5, 5.41) is 6.14. The lowest BCUT2D eigenvalue weighted by atomic mass is 10.1. The molecule has 2 N–H and O–H groups in total. The number of ether oxygens (including phenoxy) is 1. The standard InChI is InChI=1S/C21H27N5O3/c1-3-15-5-7-16(8-6-15)25-20(27)18-13-23-19(14-22-18)24-17-9-11-26(12-10-17)21(28)29-4-2/h5-8,13-14,17H,3-4,9-12H2,1-2H3,(H,23,24)(H,25,27). The van der Waals surface area contributed by atoms with Crippen LogP contribution in [0.5, 0.6) is 0 Å². The second-order valence-electron chi connectivity index (χ2n) is 6.90. The summed E-state index contributed by atoms with van der Waals surface area (Å²) in [7, 11) is 0. The molecule has 1 fully saturated rings. The lowest BCUT2D eigenvalue weighted by Crippen LogP contribution is -2.42. The van der Waals surface area contributed by atoms with E-state index in [1.807, 2.05) is 24.3 Å². The normalized spacial score (nSPS) is 14.3. The van der Waals surface area contributed by atoms with Gasteiger partial charge in [0.15, 0.2) is 0 Å². The summed E-state index contributed by atoms with van der Waals surface area (Å²) in [6.07, 6.45) is 5.33. The molecule has 1 saturated heterocycles. The fraction of sp³-hybridized carbons (Fsp3) is 0.429. The number of piperidine rings is 1. The van der Waals surface area contributed by atoms with Crippen LogP contribution in [0.2, 0.25) is 0 Å². The van der Waals surface area contributed by atoms with Gasteiger partial charge < -0.3 is 20.3 Å². The van der Waals surface area contributed by atoms with E-state index in [0.717, 1.165) is 24.9 Å². The highest BCUT2D eigenvalue weighted by Gasteiger charge is 2.23. The molecule has 1 aromatic carbocycles. The first kappa shape index (κ1) is 20.6. The Kier molecular flexibility index (Phi) is 6.99. The second kappa shape index (κ2) is 9.86. The van der Waals surface area contributed by atoms with E-state index in [-0.39, 0.29) is 23.7 Å². The molecule has 2 aromatic rings. The van der Waals surface area contributed by atoms with Crippen molar-refractivity contribution in [3.8, 4) is 0 Å². The summed E-state index contributed by atoms with van der Waals surface area (Å²) in [6.45, 7) is 5.55. The molecule has 1 aliphatic heterocycles. The van der Waals surface area contributed by atoms with Gasteiger partial charge >= 0.3 is 6.09 Å². The summed E-state index contributed by atoms with van der Waals surface area (Å²) in [4.78, 5) is 34.3. The maximum absolute atomic E-state index is 12.3. The van der Waals surface area contributed by atoms with Gasteiger partial charge in [0.1, 0.15) is 11.5 Å². The van der Waals surface area contributed by atoms with Crippen LogP contribution >= 0.6 is 0 Å². The van der Waals surface area contributed by atoms with E-state index in [4.69, 9.17) is 4.74 Å². The van der Waals surface area contributed by atoms with Crippen molar-refractivity contribution in [1.82, 2.24) is 14.9 Å². The Bertz CT molecular complexity index is 815. The fourth-order valence-corrected chi connectivity index (χ4v) is 3.17. The molecule has 2 amide bonds. The number of benzene rings is 1. The van der Waals surface area contributed by atoms with Crippen molar-refractivity contribution in [3.63, 3.8) is 0 Å². The number of hydrogen-bond donors (Lipinski definition) is 2. The van der Waals surface area contributed by atoms with Gasteiger partial charge in [0.05, 0.1) is 19.0 Å². The maximum Gasteiger partial charge on any atom is 0.409 e. The topological polar surface area (TPSA) is 96.5 Å². The lowest BCUT2D eigenvalue weighted by molar-refractivity contribution is 0.0982. The molecule has 0 aliphatic carbocycles. The van der Waals surface area contributed by atoms with Crippen molar-refractivity contribution in [2.75, 3.05) is 30.3 Å². The van der Waals surface area contributed by atoms with Crippen LogP contribution in [0.15, 0.2) is 36.7 Å². The van der Waals surface area contributed by atoms with Crippen LogP contribution in [0.25, 0.3) is 0 Å². The molecule has 154 valence electrons. The van der Waals surface area contributed by atoms with E-state index < -0.39 is 0 Å². The van der Waals surface area contributed by atoms with E-state index in [9.17, 15) is 9.59 Å². The molecule has 0 unspecified atom stereocenters. The first-order valence-corrected chi connectivity index (χ1v) is 9.99. The molecule has 0 saturated carbocycles. The molecule has 3 rings (SSSR count). The summed E-state index contributed by atoms with van der Waals surface area (Å²) < 4.78 is 5.03. The van der Waals surface area contributed by atoms with E-state index >= 15 is 0 Å². The molecule has 29 heavy (non-hydrogen) atoms. The summed E-state index contributed by atoms with van der Waals surface area (Å²) in [6, 6.07) is 7.93. The first-order chi connectivity index (χ1) is 14.1. The van der Waals surface area contributed by atoms with Crippen LogP contribution < -0.4 is 10.6 Å². The van der Waals surface area contributed by atoms with Gasteiger partial charge in [-0.2, -0.15) is 0 Å². The summed E-state index contributed by atoms with van der Waals surface area (Å²) in [5.74, 6) is 0.319. The van der Waals surface area contributed by atoms with E-state index in [0.29, 0.717) is 25.5 Å². The molecule has 0 radical (unpaired) electrons. The SMILES string of the molecule is CCOC(=O)N1CCC(Nc2cnc(C(=O)Nc3ccc(CC)cc3)cn2)CC1. The van der Waals surface area contributed by atoms with Gasteiger partial charge in [0.2, 0.25) is 0 Å². The third-order valence-electron chi connectivity index (χ3n) is 4.88. The van der Waals surface area contributed by atoms with Crippen molar-refractivity contribution in [2.24, 2.45) is 0 Å². The zero-order chi connectivity index (χ0) is 20.6. The van der Waals surface area contributed by atoms with Crippen molar-refractivity contribution in [1.29, 1.82) is 0 Å². The number of nitrogens with zero attached hydrogens (tertiary/aromatic N) is 3. The van der Waals surface area contributed by atoms with E-state index in [1.165, 1.54) is 11.8 Å². The van der Waals surface area contributed by atoms with E-state index in [1.54, 1.807) is 18.0 Å². The number of hydrogen-bond acceptors (Lipinski definition) is 6. The van der Waals surface area contributed by atoms with Crippen LogP contribution in [0.4, 0.5) is 16.3 Å². The van der Waals surface area contributed by atoms with Gasteiger partial charge in [-0.1, -0.05) is 19.1 Å². The molecular weight excluding hydrogens is 370 g/mol. The summed E-state index contributed by atoms with van der Waals surface area (Å²) in [5.41, 5.74) is 2.20.